The van der Waals surface area contributed by atoms with Gasteiger partial charge in [0.05, 0.1) is 31.3 Å². The van der Waals surface area contributed by atoms with Gasteiger partial charge in [0.1, 0.15) is 17.1 Å². The summed E-state index contributed by atoms with van der Waals surface area (Å²) in [6.07, 6.45) is 2.87. The molecule has 43 heavy (non-hydrogen) atoms. The van der Waals surface area contributed by atoms with E-state index in [2.05, 4.69) is 32.1 Å². The van der Waals surface area contributed by atoms with E-state index < -0.39 is 0 Å². The van der Waals surface area contributed by atoms with E-state index in [1.807, 2.05) is 70.2 Å². The van der Waals surface area contributed by atoms with E-state index in [1.165, 1.54) is 10.6 Å². The van der Waals surface area contributed by atoms with Crippen molar-refractivity contribution in [1.82, 2.24) is 19.4 Å². The third-order valence-electron chi connectivity index (χ3n) is 6.63. The van der Waals surface area contributed by atoms with Gasteiger partial charge < -0.3 is 29.9 Å². The minimum absolute atomic E-state index is 0.201. The van der Waals surface area contributed by atoms with Crippen LogP contribution in [0.25, 0.3) is 22.2 Å². The van der Waals surface area contributed by atoms with Gasteiger partial charge in [0, 0.05) is 50.4 Å². The normalized spacial score (nSPS) is 10.5. The maximum atomic E-state index is 13.3. The van der Waals surface area contributed by atoms with Gasteiger partial charge in [-0.05, 0) is 50.0 Å². The first-order chi connectivity index (χ1) is 20.6. The average Bonchev–Trinajstić information content (AvgIpc) is 3.02. The monoisotopic (exact) mass is 587 g/mol. The van der Waals surface area contributed by atoms with E-state index in [-0.39, 0.29) is 17.4 Å². The number of rotatable bonds is 11. The summed E-state index contributed by atoms with van der Waals surface area (Å²) in [6.45, 7) is 9.10. The van der Waals surface area contributed by atoms with Crippen LogP contribution >= 0.6 is 0 Å². The van der Waals surface area contributed by atoms with Crippen molar-refractivity contribution in [1.29, 1.82) is 0 Å². The summed E-state index contributed by atoms with van der Waals surface area (Å²) in [5.41, 5.74) is 3.39. The van der Waals surface area contributed by atoms with Gasteiger partial charge in [-0.2, -0.15) is 4.98 Å². The highest BCUT2D eigenvalue weighted by Crippen LogP contribution is 2.38. The summed E-state index contributed by atoms with van der Waals surface area (Å²) >= 11 is 0. The highest BCUT2D eigenvalue weighted by molar-refractivity contribution is 6.02. The molecule has 2 heterocycles. The Morgan fingerprint density at radius 1 is 1.05 bits per heavy atom. The summed E-state index contributed by atoms with van der Waals surface area (Å²) in [7, 11) is 10.8. The highest BCUT2D eigenvalue weighted by Gasteiger charge is 2.17. The molecule has 2 N–H and O–H groups in total. The first kappa shape index (κ1) is 32.6. The van der Waals surface area contributed by atoms with Crippen LogP contribution in [0.2, 0.25) is 0 Å². The molecule has 0 aliphatic heterocycles. The van der Waals surface area contributed by atoms with Crippen molar-refractivity contribution in [2.45, 2.75) is 13.8 Å². The zero-order valence-electron chi connectivity index (χ0n) is 26.2. The van der Waals surface area contributed by atoms with Crippen LogP contribution in [0.3, 0.4) is 0 Å². The number of pyridine rings is 1. The number of carbonyl (C=O) groups is 1. The third kappa shape index (κ3) is 7.69. The summed E-state index contributed by atoms with van der Waals surface area (Å²) in [6, 6.07) is 12.7. The number of nitrogens with one attached hydrogen (secondary N) is 2. The second-order valence-electron chi connectivity index (χ2n) is 9.74. The van der Waals surface area contributed by atoms with Gasteiger partial charge in [0.15, 0.2) is 0 Å². The number of anilines is 4. The van der Waals surface area contributed by atoms with Crippen LogP contribution in [0, 0.1) is 0 Å². The second-order valence-corrected chi connectivity index (χ2v) is 9.74. The standard InChI is InChI=1S/C30H35N7O4.C2H6/c1-8-27(38)32-23-16-24(26(41-7)17-25(23)36(4)13-12-35(2)3)33-30-31-18-20-15-22(29(39)37(5)28(20)34-30)19-10-9-11-21(14-19)40-6;1-2/h8-11,14-18H,1,12-13H2,2-7H3,(H,32,38)(H,31,33,34);1-2H3. The summed E-state index contributed by atoms with van der Waals surface area (Å²) < 4.78 is 12.5. The highest BCUT2D eigenvalue weighted by atomic mass is 16.5. The number of aryl methyl sites for hydroxylation is 1. The largest absolute Gasteiger partial charge is 0.497 e. The first-order valence-electron chi connectivity index (χ1n) is 13.9. The number of hydrogen-bond donors (Lipinski definition) is 2. The second kappa shape index (κ2) is 14.8. The van der Waals surface area contributed by atoms with Crippen molar-refractivity contribution in [2.75, 3.05) is 64.0 Å². The molecule has 1 amide bonds. The SMILES string of the molecule is C=CC(=O)Nc1cc(Nc2ncc3cc(-c4cccc(OC)c4)c(=O)n(C)c3n2)c(OC)cc1N(C)CCN(C)C.CC. The third-order valence-corrected chi connectivity index (χ3v) is 6.63. The number of methoxy groups -OCH3 is 2. The van der Waals surface area contributed by atoms with Crippen LogP contribution in [0.5, 0.6) is 11.5 Å². The fraction of sp³-hybridized carbons (Fsp3) is 0.312. The Balaban J connectivity index is 0.00000248. The maximum Gasteiger partial charge on any atom is 0.259 e. The molecular formula is C32H41N7O4. The molecule has 0 radical (unpaired) electrons. The van der Waals surface area contributed by atoms with Crippen LogP contribution in [0.4, 0.5) is 23.0 Å². The molecule has 0 saturated carbocycles. The van der Waals surface area contributed by atoms with Crippen molar-refractivity contribution in [3.8, 4) is 22.6 Å². The molecular weight excluding hydrogens is 546 g/mol. The van der Waals surface area contributed by atoms with Crippen LogP contribution in [-0.4, -0.2) is 73.8 Å². The van der Waals surface area contributed by atoms with Crippen molar-refractivity contribution >= 4 is 40.0 Å². The number of benzene rings is 2. The number of hydrogen-bond acceptors (Lipinski definition) is 9. The smallest absolute Gasteiger partial charge is 0.259 e. The fourth-order valence-electron chi connectivity index (χ4n) is 4.33. The molecule has 0 aliphatic carbocycles. The van der Waals surface area contributed by atoms with Gasteiger partial charge in [-0.3, -0.25) is 14.2 Å². The van der Waals surface area contributed by atoms with E-state index in [1.54, 1.807) is 39.6 Å². The Labute approximate surface area is 252 Å². The Morgan fingerprint density at radius 3 is 2.44 bits per heavy atom. The molecule has 11 heteroatoms. The number of fused-ring (bicyclic) bond motifs is 1. The molecule has 2 aromatic heterocycles. The first-order valence-corrected chi connectivity index (χ1v) is 13.9. The zero-order valence-corrected chi connectivity index (χ0v) is 26.2. The van der Waals surface area contributed by atoms with Gasteiger partial charge in [0.25, 0.3) is 5.56 Å². The molecule has 0 unspecified atom stereocenters. The van der Waals surface area contributed by atoms with Gasteiger partial charge in [-0.1, -0.05) is 32.6 Å². The van der Waals surface area contributed by atoms with Crippen molar-refractivity contribution < 1.29 is 14.3 Å². The van der Waals surface area contributed by atoms with Crippen molar-refractivity contribution in [3.05, 3.63) is 71.7 Å². The maximum absolute atomic E-state index is 13.3. The lowest BCUT2D eigenvalue weighted by Gasteiger charge is -2.26. The van der Waals surface area contributed by atoms with Gasteiger partial charge in [-0.15, -0.1) is 0 Å². The number of amides is 1. The van der Waals surface area contributed by atoms with Crippen LogP contribution in [-0.2, 0) is 11.8 Å². The van der Waals surface area contributed by atoms with Gasteiger partial charge in [-0.25, -0.2) is 4.98 Å². The Kier molecular flexibility index (Phi) is 11.2. The van der Waals surface area contributed by atoms with Crippen LogP contribution < -0.4 is 30.6 Å². The zero-order chi connectivity index (χ0) is 31.7. The summed E-state index contributed by atoms with van der Waals surface area (Å²) in [5.74, 6) is 1.11. The molecule has 11 nitrogen and oxygen atoms in total. The van der Waals surface area contributed by atoms with E-state index in [0.29, 0.717) is 39.5 Å². The molecule has 0 atom stereocenters. The van der Waals surface area contributed by atoms with Crippen molar-refractivity contribution in [3.63, 3.8) is 0 Å². The Bertz CT molecular complexity index is 1650. The fourth-order valence-corrected chi connectivity index (χ4v) is 4.33. The molecule has 0 saturated heterocycles. The van der Waals surface area contributed by atoms with E-state index in [0.717, 1.165) is 24.3 Å². The van der Waals surface area contributed by atoms with E-state index >= 15 is 0 Å². The van der Waals surface area contributed by atoms with Gasteiger partial charge >= 0.3 is 0 Å². The molecule has 0 fully saturated rings. The molecule has 2 aromatic carbocycles. The number of aromatic nitrogens is 3. The quantitative estimate of drug-likeness (QED) is 0.236. The molecule has 0 bridgehead atoms. The number of nitrogens with zero attached hydrogens (tertiary/aromatic N) is 5. The Morgan fingerprint density at radius 2 is 1.79 bits per heavy atom. The predicted octanol–water partition coefficient (Wildman–Crippen LogP) is 4.90. The molecule has 4 rings (SSSR count). The Hall–Kier alpha value is -4.90. The lowest BCUT2D eigenvalue weighted by atomic mass is 10.1. The average molecular weight is 588 g/mol. The van der Waals surface area contributed by atoms with Gasteiger partial charge in [0.2, 0.25) is 11.9 Å². The van der Waals surface area contributed by atoms with Crippen molar-refractivity contribution in [2.24, 2.45) is 7.05 Å². The van der Waals surface area contributed by atoms with E-state index in [9.17, 15) is 9.59 Å². The lowest BCUT2D eigenvalue weighted by Crippen LogP contribution is -2.29. The van der Waals surface area contributed by atoms with E-state index in [4.69, 9.17) is 9.47 Å². The lowest BCUT2D eigenvalue weighted by molar-refractivity contribution is -0.111. The molecule has 228 valence electrons. The number of ether oxygens (including phenoxy) is 2. The predicted molar refractivity (Wildman–Crippen MR) is 175 cm³/mol. The molecule has 0 spiro atoms. The number of likely N-dealkylation sites (N-methyl/N-ethyl adjacent to an activating group) is 2. The molecule has 0 aliphatic rings. The topological polar surface area (TPSA) is 114 Å². The summed E-state index contributed by atoms with van der Waals surface area (Å²) in [5, 5.41) is 6.76. The number of carbonyl (C=O) groups excluding carboxylic acids is 1. The minimum Gasteiger partial charge on any atom is -0.497 e. The summed E-state index contributed by atoms with van der Waals surface area (Å²) in [4.78, 5) is 38.8. The minimum atomic E-state index is -0.341. The van der Waals surface area contributed by atoms with Crippen LogP contribution in [0.1, 0.15) is 13.8 Å². The molecule has 4 aromatic rings. The van der Waals surface area contributed by atoms with Crippen LogP contribution in [0.15, 0.2) is 66.1 Å².